The maximum absolute atomic E-state index is 11.8. The molecule has 0 aromatic heterocycles. The van der Waals surface area contributed by atoms with Crippen LogP contribution >= 0.6 is 23.2 Å². The number of ether oxygens (including phenoxy) is 1. The molecule has 0 saturated heterocycles. The average Bonchev–Trinajstić information content (AvgIpc) is 2.54. The minimum atomic E-state index is 0.0157. The molecule has 2 rings (SSSR count). The van der Waals surface area contributed by atoms with Crippen LogP contribution in [0.1, 0.15) is 64.2 Å². The Balaban J connectivity index is 2.01. The third-order valence-electron chi connectivity index (χ3n) is 5.23. The van der Waals surface area contributed by atoms with Crippen LogP contribution in [0.3, 0.4) is 0 Å². The SMILES string of the molecule is O=C1CCCC(C(CCCl)OC(CCCl)C2CCCC(=O)C2)C1. The molecule has 0 spiro atoms. The molecule has 0 bridgehead atoms. The van der Waals surface area contributed by atoms with Crippen LogP contribution < -0.4 is 0 Å². The zero-order valence-corrected chi connectivity index (χ0v) is 15.3. The van der Waals surface area contributed by atoms with Gasteiger partial charge in [0.25, 0.3) is 0 Å². The van der Waals surface area contributed by atoms with Crippen molar-refractivity contribution in [1.82, 2.24) is 0 Å². The van der Waals surface area contributed by atoms with Crippen molar-refractivity contribution in [2.24, 2.45) is 11.8 Å². The number of halogens is 2. The van der Waals surface area contributed by atoms with Crippen LogP contribution in [0.5, 0.6) is 0 Å². The molecular weight excluding hydrogens is 335 g/mol. The standard InChI is InChI=1S/C18H28Cl2O3/c19-9-7-17(13-3-1-5-15(21)11-13)23-18(8-10-20)14-4-2-6-16(22)12-14/h13-14,17-18H,1-12H2. The summed E-state index contributed by atoms with van der Waals surface area (Å²) in [6.45, 7) is 0. The molecule has 2 saturated carbocycles. The van der Waals surface area contributed by atoms with Crippen LogP contribution in [0.4, 0.5) is 0 Å². The topological polar surface area (TPSA) is 43.4 Å². The van der Waals surface area contributed by atoms with Crippen molar-refractivity contribution in [3.8, 4) is 0 Å². The summed E-state index contributed by atoms with van der Waals surface area (Å²) in [5, 5.41) is 0. The Morgan fingerprint density at radius 1 is 0.870 bits per heavy atom. The van der Waals surface area contributed by atoms with Gasteiger partial charge < -0.3 is 4.74 Å². The van der Waals surface area contributed by atoms with E-state index in [1.54, 1.807) is 0 Å². The van der Waals surface area contributed by atoms with Crippen molar-refractivity contribution < 1.29 is 14.3 Å². The lowest BCUT2D eigenvalue weighted by Crippen LogP contribution is -2.38. The van der Waals surface area contributed by atoms with Crippen LogP contribution in [-0.2, 0) is 14.3 Å². The first kappa shape index (κ1) is 19.2. The van der Waals surface area contributed by atoms with Gasteiger partial charge in [0.1, 0.15) is 11.6 Å². The van der Waals surface area contributed by atoms with E-state index in [9.17, 15) is 9.59 Å². The minimum Gasteiger partial charge on any atom is -0.374 e. The molecule has 0 radical (unpaired) electrons. The van der Waals surface area contributed by atoms with Crippen molar-refractivity contribution in [1.29, 1.82) is 0 Å². The molecule has 0 aromatic rings. The van der Waals surface area contributed by atoms with Gasteiger partial charge in [-0.15, -0.1) is 23.2 Å². The van der Waals surface area contributed by atoms with E-state index in [-0.39, 0.29) is 24.0 Å². The summed E-state index contributed by atoms with van der Waals surface area (Å²) in [5.41, 5.74) is 0. The first-order valence-corrected chi connectivity index (χ1v) is 10.0. The number of carbonyl (C=O) groups is 2. The lowest BCUT2D eigenvalue weighted by atomic mass is 9.81. The maximum Gasteiger partial charge on any atom is 0.133 e. The molecule has 0 amide bonds. The van der Waals surface area contributed by atoms with Crippen LogP contribution in [0.2, 0.25) is 0 Å². The largest absolute Gasteiger partial charge is 0.374 e. The predicted octanol–water partition coefficient (Wildman–Crippen LogP) is 4.52. The van der Waals surface area contributed by atoms with Gasteiger partial charge in [-0.2, -0.15) is 0 Å². The zero-order chi connectivity index (χ0) is 16.7. The Hall–Kier alpha value is -0.120. The highest BCUT2D eigenvalue weighted by Gasteiger charge is 2.33. The molecule has 2 aliphatic carbocycles. The minimum absolute atomic E-state index is 0.0157. The molecule has 0 aliphatic heterocycles. The van der Waals surface area contributed by atoms with Gasteiger partial charge >= 0.3 is 0 Å². The van der Waals surface area contributed by atoms with E-state index in [1.165, 1.54) is 0 Å². The van der Waals surface area contributed by atoms with Gasteiger partial charge in [0.05, 0.1) is 12.2 Å². The summed E-state index contributed by atoms with van der Waals surface area (Å²) < 4.78 is 6.43. The number of hydrogen-bond donors (Lipinski definition) is 0. The monoisotopic (exact) mass is 362 g/mol. The number of carbonyl (C=O) groups excluding carboxylic acids is 2. The Morgan fingerprint density at radius 2 is 1.30 bits per heavy atom. The quantitative estimate of drug-likeness (QED) is 0.596. The summed E-state index contributed by atoms with van der Waals surface area (Å²) in [4.78, 5) is 23.6. The zero-order valence-electron chi connectivity index (χ0n) is 13.8. The lowest BCUT2D eigenvalue weighted by molar-refractivity contribution is -0.130. The molecule has 0 N–H and O–H groups in total. The van der Waals surface area contributed by atoms with Crippen molar-refractivity contribution in [3.05, 3.63) is 0 Å². The maximum atomic E-state index is 11.8. The summed E-state index contributed by atoms with van der Waals surface area (Å²) in [7, 11) is 0. The van der Waals surface area contributed by atoms with Crippen LogP contribution in [-0.4, -0.2) is 35.5 Å². The molecule has 23 heavy (non-hydrogen) atoms. The summed E-state index contributed by atoms with van der Waals surface area (Å²) in [5.74, 6) is 2.29. The number of hydrogen-bond acceptors (Lipinski definition) is 3. The lowest BCUT2D eigenvalue weighted by Gasteiger charge is -2.36. The first-order valence-electron chi connectivity index (χ1n) is 8.94. The molecule has 132 valence electrons. The van der Waals surface area contributed by atoms with E-state index in [0.29, 0.717) is 49.0 Å². The van der Waals surface area contributed by atoms with Crippen LogP contribution in [0.25, 0.3) is 0 Å². The van der Waals surface area contributed by atoms with Gasteiger partial charge in [0, 0.05) is 37.4 Å². The Bertz CT molecular complexity index is 364. The van der Waals surface area contributed by atoms with Crippen molar-refractivity contribution >= 4 is 34.8 Å². The number of rotatable bonds is 8. The van der Waals surface area contributed by atoms with E-state index in [1.807, 2.05) is 0 Å². The highest BCUT2D eigenvalue weighted by atomic mass is 35.5. The molecule has 5 heteroatoms. The molecule has 4 atom stereocenters. The second-order valence-electron chi connectivity index (χ2n) is 6.96. The van der Waals surface area contributed by atoms with Gasteiger partial charge in [0.15, 0.2) is 0 Å². The van der Waals surface area contributed by atoms with Gasteiger partial charge in [-0.1, -0.05) is 0 Å². The fourth-order valence-electron chi connectivity index (χ4n) is 4.02. The van der Waals surface area contributed by atoms with Crippen LogP contribution in [0.15, 0.2) is 0 Å². The summed E-state index contributed by atoms with van der Waals surface area (Å²) >= 11 is 12.0. The fraction of sp³-hybridized carbons (Fsp3) is 0.889. The molecule has 4 unspecified atom stereocenters. The first-order chi connectivity index (χ1) is 11.1. The third kappa shape index (κ3) is 6.03. The van der Waals surface area contributed by atoms with Gasteiger partial charge in [0.2, 0.25) is 0 Å². The molecule has 2 aliphatic rings. The van der Waals surface area contributed by atoms with E-state index >= 15 is 0 Å². The molecular formula is C18H28Cl2O3. The Labute approximate surface area is 149 Å². The van der Waals surface area contributed by atoms with Crippen molar-refractivity contribution in [3.63, 3.8) is 0 Å². The number of alkyl halides is 2. The average molecular weight is 363 g/mol. The van der Waals surface area contributed by atoms with E-state index in [2.05, 4.69) is 0 Å². The second kappa shape index (κ2) is 10.0. The highest BCUT2D eigenvalue weighted by molar-refractivity contribution is 6.18. The highest BCUT2D eigenvalue weighted by Crippen LogP contribution is 2.33. The van der Waals surface area contributed by atoms with Gasteiger partial charge in [-0.25, -0.2) is 0 Å². The second-order valence-corrected chi connectivity index (χ2v) is 7.71. The summed E-state index contributed by atoms with van der Waals surface area (Å²) in [6, 6.07) is 0. The third-order valence-corrected chi connectivity index (χ3v) is 5.67. The van der Waals surface area contributed by atoms with E-state index in [0.717, 1.165) is 38.5 Å². The molecule has 0 heterocycles. The van der Waals surface area contributed by atoms with Gasteiger partial charge in [-0.05, 0) is 50.4 Å². The predicted molar refractivity (Wildman–Crippen MR) is 93.3 cm³/mol. The number of ketones is 2. The number of Topliss-reactive ketones (excluding diaryl/α,β-unsaturated/α-hetero) is 2. The fourth-order valence-corrected chi connectivity index (χ4v) is 4.45. The van der Waals surface area contributed by atoms with E-state index < -0.39 is 0 Å². The van der Waals surface area contributed by atoms with Gasteiger partial charge in [-0.3, -0.25) is 9.59 Å². The smallest absolute Gasteiger partial charge is 0.133 e. The van der Waals surface area contributed by atoms with Crippen LogP contribution in [0, 0.1) is 11.8 Å². The Kier molecular flexibility index (Phi) is 8.35. The molecule has 3 nitrogen and oxygen atoms in total. The van der Waals surface area contributed by atoms with E-state index in [4.69, 9.17) is 27.9 Å². The normalized spacial score (nSPS) is 28.6. The molecule has 0 aromatic carbocycles. The molecule has 2 fully saturated rings. The summed E-state index contributed by atoms with van der Waals surface area (Å²) in [6.07, 6.45) is 8.15. The van der Waals surface area contributed by atoms with Crippen molar-refractivity contribution in [2.45, 2.75) is 76.4 Å². The Morgan fingerprint density at radius 3 is 1.65 bits per heavy atom. The van der Waals surface area contributed by atoms with Crippen molar-refractivity contribution in [2.75, 3.05) is 11.8 Å².